The minimum Gasteiger partial charge on any atom is -0.506 e. The molecule has 4 rings (SSSR count). The highest BCUT2D eigenvalue weighted by Crippen LogP contribution is 2.41. The van der Waals surface area contributed by atoms with Crippen LogP contribution in [0.4, 0.5) is 0 Å². The number of hydrogen-bond acceptors (Lipinski definition) is 8. The smallest absolute Gasteiger partial charge is 0.275 e. The Bertz CT molecular complexity index is 1160. The number of benzene rings is 1. The van der Waals surface area contributed by atoms with Gasteiger partial charge in [0.25, 0.3) is 11.8 Å². The average molecular weight is 580 g/mol. The second-order valence-electron chi connectivity index (χ2n) is 8.07. The first-order valence-electron chi connectivity index (χ1n) is 11.2. The summed E-state index contributed by atoms with van der Waals surface area (Å²) >= 11 is 6.00. The normalized spacial score (nSPS) is 15.0. The summed E-state index contributed by atoms with van der Waals surface area (Å²) in [4.78, 5) is 29.0. The fourth-order valence-corrected chi connectivity index (χ4v) is 5.76. The van der Waals surface area contributed by atoms with Crippen molar-refractivity contribution in [3.8, 4) is 16.2 Å². The van der Waals surface area contributed by atoms with Gasteiger partial charge in [0.2, 0.25) is 0 Å². The lowest BCUT2D eigenvalue weighted by Gasteiger charge is -2.26. The van der Waals surface area contributed by atoms with Crippen LogP contribution < -0.4 is 16.2 Å². The van der Waals surface area contributed by atoms with Crippen molar-refractivity contribution in [2.24, 2.45) is 0 Å². The van der Waals surface area contributed by atoms with E-state index in [-0.39, 0.29) is 23.6 Å². The largest absolute Gasteiger partial charge is 0.506 e. The van der Waals surface area contributed by atoms with Gasteiger partial charge in [-0.25, -0.2) is 5.43 Å². The first-order chi connectivity index (χ1) is 16.9. The Hall–Kier alpha value is -2.28. The van der Waals surface area contributed by atoms with Gasteiger partial charge in [0.05, 0.1) is 33.9 Å². The number of rotatable bonds is 9. The summed E-state index contributed by atoms with van der Waals surface area (Å²) in [6.07, 6.45) is 0. The van der Waals surface area contributed by atoms with E-state index >= 15 is 0 Å². The number of aromatic hydroxyl groups is 1. The number of morpholine rings is 1. The number of nitrogens with zero attached hydrogens (tertiary/aromatic N) is 1. The molecular formula is C24H27BrN4O4S2. The van der Waals surface area contributed by atoms with E-state index in [1.165, 1.54) is 11.3 Å². The van der Waals surface area contributed by atoms with Crippen molar-refractivity contribution in [3.63, 3.8) is 0 Å². The zero-order chi connectivity index (χ0) is 24.8. The van der Waals surface area contributed by atoms with Gasteiger partial charge < -0.3 is 15.2 Å². The van der Waals surface area contributed by atoms with E-state index in [1.807, 2.05) is 36.6 Å². The number of halogens is 1. The zero-order valence-electron chi connectivity index (χ0n) is 19.2. The minimum absolute atomic E-state index is 0.188. The third-order valence-electron chi connectivity index (χ3n) is 5.64. The molecule has 2 amide bonds. The zero-order valence-corrected chi connectivity index (χ0v) is 22.4. The SMILES string of the molecule is CC(NNC(=O)c1ccc(C(=O)NCCN2CCOCC2)s1)c1csc(-c2ccc(Br)cc2)c1O. The van der Waals surface area contributed by atoms with E-state index < -0.39 is 0 Å². The van der Waals surface area contributed by atoms with E-state index in [4.69, 9.17) is 4.74 Å². The van der Waals surface area contributed by atoms with Crippen LogP contribution in [0.2, 0.25) is 0 Å². The van der Waals surface area contributed by atoms with E-state index in [0.717, 1.165) is 59.1 Å². The van der Waals surface area contributed by atoms with Gasteiger partial charge in [0, 0.05) is 41.6 Å². The van der Waals surface area contributed by atoms with Gasteiger partial charge in [-0.3, -0.25) is 19.9 Å². The van der Waals surface area contributed by atoms with E-state index in [0.29, 0.717) is 21.9 Å². The maximum absolute atomic E-state index is 12.6. The molecule has 8 nitrogen and oxygen atoms in total. The number of ether oxygens (including phenoxy) is 1. The Morgan fingerprint density at radius 3 is 2.51 bits per heavy atom. The summed E-state index contributed by atoms with van der Waals surface area (Å²) < 4.78 is 6.30. The van der Waals surface area contributed by atoms with Crippen LogP contribution in [-0.2, 0) is 4.74 Å². The Morgan fingerprint density at radius 1 is 1.11 bits per heavy atom. The van der Waals surface area contributed by atoms with Crippen LogP contribution in [-0.4, -0.2) is 61.2 Å². The molecule has 0 radical (unpaired) electrons. The lowest BCUT2D eigenvalue weighted by atomic mass is 10.1. The highest BCUT2D eigenvalue weighted by molar-refractivity contribution is 9.10. The third kappa shape index (κ3) is 6.69. The molecule has 35 heavy (non-hydrogen) atoms. The number of hydrazine groups is 1. The van der Waals surface area contributed by atoms with Gasteiger partial charge in [-0.1, -0.05) is 28.1 Å². The summed E-state index contributed by atoms with van der Waals surface area (Å²) in [5.41, 5.74) is 7.25. The molecule has 0 saturated carbocycles. The molecule has 1 fully saturated rings. The molecule has 0 spiro atoms. The van der Waals surface area contributed by atoms with Gasteiger partial charge in [-0.05, 0) is 36.8 Å². The fraction of sp³-hybridized carbons (Fsp3) is 0.333. The van der Waals surface area contributed by atoms with Gasteiger partial charge >= 0.3 is 0 Å². The molecule has 186 valence electrons. The predicted octanol–water partition coefficient (Wildman–Crippen LogP) is 4.00. The summed E-state index contributed by atoms with van der Waals surface area (Å²) in [6.45, 7) is 6.37. The van der Waals surface area contributed by atoms with Crippen molar-refractivity contribution < 1.29 is 19.4 Å². The van der Waals surface area contributed by atoms with Gasteiger partial charge in [0.1, 0.15) is 5.75 Å². The second-order valence-corrected chi connectivity index (χ2v) is 10.9. The number of carbonyl (C=O) groups is 2. The molecule has 4 N–H and O–H groups in total. The highest BCUT2D eigenvalue weighted by Gasteiger charge is 2.19. The first kappa shape index (κ1) is 25.8. The molecule has 1 aliphatic rings. The molecule has 1 saturated heterocycles. The summed E-state index contributed by atoms with van der Waals surface area (Å²) in [6, 6.07) is 10.7. The molecule has 0 aliphatic carbocycles. The Kier molecular flexibility index (Phi) is 8.93. The summed E-state index contributed by atoms with van der Waals surface area (Å²) in [5.74, 6) is -0.330. The lowest BCUT2D eigenvalue weighted by molar-refractivity contribution is 0.0383. The molecule has 11 heteroatoms. The number of hydrogen-bond donors (Lipinski definition) is 4. The topological polar surface area (TPSA) is 103 Å². The average Bonchev–Trinajstić information content (AvgIpc) is 3.51. The maximum atomic E-state index is 12.6. The number of nitrogens with one attached hydrogen (secondary N) is 3. The third-order valence-corrected chi connectivity index (χ3v) is 8.29. The van der Waals surface area contributed by atoms with Crippen molar-refractivity contribution in [2.75, 3.05) is 39.4 Å². The highest BCUT2D eigenvalue weighted by atomic mass is 79.9. The minimum atomic E-state index is -0.336. The van der Waals surface area contributed by atoms with Crippen molar-refractivity contribution in [2.45, 2.75) is 13.0 Å². The Balaban J connectivity index is 1.27. The molecule has 0 bridgehead atoms. The monoisotopic (exact) mass is 578 g/mol. The second kappa shape index (κ2) is 12.1. The van der Waals surface area contributed by atoms with Crippen molar-refractivity contribution in [1.29, 1.82) is 0 Å². The van der Waals surface area contributed by atoms with Crippen molar-refractivity contribution in [1.82, 2.24) is 21.1 Å². The van der Waals surface area contributed by atoms with Crippen LogP contribution in [0.5, 0.6) is 5.75 Å². The molecule has 3 aromatic rings. The molecule has 1 aromatic carbocycles. The summed E-state index contributed by atoms with van der Waals surface area (Å²) in [7, 11) is 0. The molecule has 2 aromatic heterocycles. The molecular weight excluding hydrogens is 552 g/mol. The van der Waals surface area contributed by atoms with Crippen LogP contribution in [0.1, 0.15) is 37.9 Å². The number of thiophene rings is 2. The molecule has 1 atom stereocenters. The predicted molar refractivity (Wildman–Crippen MR) is 142 cm³/mol. The maximum Gasteiger partial charge on any atom is 0.275 e. The number of amides is 2. The van der Waals surface area contributed by atoms with Crippen LogP contribution in [0.3, 0.4) is 0 Å². The van der Waals surface area contributed by atoms with Gasteiger partial charge in [-0.15, -0.1) is 22.7 Å². The Morgan fingerprint density at radius 2 is 1.80 bits per heavy atom. The van der Waals surface area contributed by atoms with Gasteiger partial charge in [0.15, 0.2) is 0 Å². The van der Waals surface area contributed by atoms with Crippen LogP contribution in [0.15, 0.2) is 46.3 Å². The number of carbonyl (C=O) groups excluding carboxylic acids is 2. The van der Waals surface area contributed by atoms with E-state index in [2.05, 4.69) is 37.0 Å². The van der Waals surface area contributed by atoms with Crippen LogP contribution >= 0.6 is 38.6 Å². The van der Waals surface area contributed by atoms with Crippen molar-refractivity contribution >= 4 is 50.4 Å². The van der Waals surface area contributed by atoms with Crippen LogP contribution in [0.25, 0.3) is 10.4 Å². The van der Waals surface area contributed by atoms with E-state index in [9.17, 15) is 14.7 Å². The Labute approximate surface area is 220 Å². The van der Waals surface area contributed by atoms with Gasteiger partial charge in [-0.2, -0.15) is 0 Å². The van der Waals surface area contributed by atoms with E-state index in [1.54, 1.807) is 12.1 Å². The lowest BCUT2D eigenvalue weighted by Crippen LogP contribution is -2.41. The molecule has 1 unspecified atom stereocenters. The van der Waals surface area contributed by atoms with Crippen molar-refractivity contribution in [3.05, 3.63) is 61.6 Å². The standard InChI is InChI=1S/C24H27BrN4O4S2/c1-15(18-14-34-22(21(18)30)16-2-4-17(25)5-3-16)27-28-24(32)20-7-6-19(35-20)23(31)26-8-9-29-10-12-33-13-11-29/h2-7,14-15,27,30H,8-13H2,1H3,(H,26,31)(H,28,32). The first-order valence-corrected chi connectivity index (χ1v) is 13.7. The quantitative estimate of drug-likeness (QED) is 0.286. The molecule has 1 aliphatic heterocycles. The molecule has 3 heterocycles. The summed E-state index contributed by atoms with van der Waals surface area (Å²) in [5, 5.41) is 15.5. The van der Waals surface area contributed by atoms with Crippen LogP contribution in [0, 0.1) is 0 Å². The fourth-order valence-electron chi connectivity index (χ4n) is 3.61.